The van der Waals surface area contributed by atoms with Crippen LogP contribution in [0, 0.1) is 0 Å². The van der Waals surface area contributed by atoms with Gasteiger partial charge in [0.2, 0.25) is 0 Å². The quantitative estimate of drug-likeness (QED) is 0.603. The summed E-state index contributed by atoms with van der Waals surface area (Å²) in [6.07, 6.45) is 5.52. The standard InChI is InChI=1S/C26H35N5O2/c32-25(27-15-20-30-16-7-2-8-17-30)23-11-5-6-12-24(23)31-18-13-22(14-19-31)29-26(33)28-21-9-3-1-4-10-21/h1,3-6,9-12,22H,2,7-8,13-20H2,(H,27,32)(H2,28,29,33). The highest BCUT2D eigenvalue weighted by molar-refractivity contribution is 5.99. The highest BCUT2D eigenvalue weighted by atomic mass is 16.2. The molecule has 0 saturated carbocycles. The predicted molar refractivity (Wildman–Crippen MR) is 133 cm³/mol. The number of carbonyl (C=O) groups is 2. The van der Waals surface area contributed by atoms with Crippen molar-refractivity contribution in [1.82, 2.24) is 15.5 Å². The van der Waals surface area contributed by atoms with Crippen molar-refractivity contribution in [2.24, 2.45) is 0 Å². The van der Waals surface area contributed by atoms with E-state index in [-0.39, 0.29) is 18.0 Å². The van der Waals surface area contributed by atoms with E-state index >= 15 is 0 Å². The van der Waals surface area contributed by atoms with Gasteiger partial charge in [0.15, 0.2) is 0 Å². The summed E-state index contributed by atoms with van der Waals surface area (Å²) in [5.74, 6) is -0.00917. The van der Waals surface area contributed by atoms with Crippen LogP contribution < -0.4 is 20.9 Å². The summed E-state index contributed by atoms with van der Waals surface area (Å²) in [5.41, 5.74) is 2.48. The van der Waals surface area contributed by atoms with Gasteiger partial charge in [-0.15, -0.1) is 0 Å². The highest BCUT2D eigenvalue weighted by Crippen LogP contribution is 2.24. The Balaban J connectivity index is 1.26. The molecular formula is C26H35N5O2. The Morgan fingerprint density at radius 1 is 0.848 bits per heavy atom. The van der Waals surface area contributed by atoms with Gasteiger partial charge in [0.1, 0.15) is 0 Å². The van der Waals surface area contributed by atoms with Crippen LogP contribution in [0.4, 0.5) is 16.2 Å². The van der Waals surface area contributed by atoms with Gasteiger partial charge in [-0.05, 0) is 63.0 Å². The number of likely N-dealkylation sites (tertiary alicyclic amines) is 1. The monoisotopic (exact) mass is 449 g/mol. The second-order valence-electron chi connectivity index (χ2n) is 8.90. The molecule has 2 aromatic carbocycles. The number of carbonyl (C=O) groups excluding carboxylic acids is 2. The van der Waals surface area contributed by atoms with Gasteiger partial charge in [0.05, 0.1) is 5.56 Å². The first-order valence-corrected chi connectivity index (χ1v) is 12.2. The van der Waals surface area contributed by atoms with Gasteiger partial charge in [0.25, 0.3) is 5.91 Å². The number of rotatable bonds is 7. The van der Waals surface area contributed by atoms with E-state index in [4.69, 9.17) is 0 Å². The Kier molecular flexibility index (Phi) is 8.19. The minimum Gasteiger partial charge on any atom is -0.371 e. The normalized spacial score (nSPS) is 17.4. The molecule has 0 spiro atoms. The fourth-order valence-electron chi connectivity index (χ4n) is 4.69. The Morgan fingerprint density at radius 3 is 2.30 bits per heavy atom. The molecule has 2 aliphatic rings. The van der Waals surface area contributed by atoms with E-state index in [2.05, 4.69) is 25.8 Å². The summed E-state index contributed by atoms with van der Waals surface area (Å²) in [6.45, 7) is 5.46. The predicted octanol–water partition coefficient (Wildman–Crippen LogP) is 3.69. The zero-order chi connectivity index (χ0) is 22.9. The van der Waals surface area contributed by atoms with Gasteiger partial charge in [-0.1, -0.05) is 36.8 Å². The number of nitrogens with one attached hydrogen (secondary N) is 3. The first kappa shape index (κ1) is 23.1. The number of anilines is 2. The van der Waals surface area contributed by atoms with Gasteiger partial charge in [0, 0.05) is 43.6 Å². The third-order valence-corrected chi connectivity index (χ3v) is 6.51. The Morgan fingerprint density at radius 2 is 1.55 bits per heavy atom. The van der Waals surface area contributed by atoms with Gasteiger partial charge < -0.3 is 25.8 Å². The minimum atomic E-state index is -0.173. The molecule has 0 unspecified atom stereocenters. The maximum Gasteiger partial charge on any atom is 0.319 e. The average Bonchev–Trinajstić information content (AvgIpc) is 2.86. The number of nitrogens with zero attached hydrogens (tertiary/aromatic N) is 2. The molecule has 3 N–H and O–H groups in total. The maximum atomic E-state index is 12.9. The van der Waals surface area contributed by atoms with E-state index in [0.717, 1.165) is 62.5 Å². The number of hydrogen-bond donors (Lipinski definition) is 3. The fraction of sp³-hybridized carbons (Fsp3) is 0.462. The molecule has 2 aliphatic heterocycles. The molecule has 0 bridgehead atoms. The lowest BCUT2D eigenvalue weighted by molar-refractivity contribution is 0.0947. The summed E-state index contributed by atoms with van der Waals surface area (Å²) in [6, 6.07) is 17.2. The Bertz CT molecular complexity index is 906. The zero-order valence-corrected chi connectivity index (χ0v) is 19.3. The number of benzene rings is 2. The second-order valence-corrected chi connectivity index (χ2v) is 8.90. The van der Waals surface area contributed by atoms with Crippen molar-refractivity contribution >= 4 is 23.3 Å². The first-order valence-electron chi connectivity index (χ1n) is 12.2. The van der Waals surface area contributed by atoms with Crippen molar-refractivity contribution in [3.8, 4) is 0 Å². The molecule has 0 aromatic heterocycles. The molecule has 0 atom stereocenters. The number of hydrogen-bond acceptors (Lipinski definition) is 4. The van der Waals surface area contributed by atoms with Gasteiger partial charge in [-0.2, -0.15) is 0 Å². The van der Waals surface area contributed by atoms with E-state index in [9.17, 15) is 9.59 Å². The molecule has 2 heterocycles. The lowest BCUT2D eigenvalue weighted by Gasteiger charge is -2.35. The van der Waals surface area contributed by atoms with Gasteiger partial charge in [-0.25, -0.2) is 4.79 Å². The van der Waals surface area contributed by atoms with Crippen LogP contribution >= 0.6 is 0 Å². The van der Waals surface area contributed by atoms with Crippen LogP contribution in [0.2, 0.25) is 0 Å². The summed E-state index contributed by atoms with van der Waals surface area (Å²) < 4.78 is 0. The highest BCUT2D eigenvalue weighted by Gasteiger charge is 2.24. The van der Waals surface area contributed by atoms with E-state index in [1.807, 2.05) is 54.6 Å². The number of piperidine rings is 2. The molecule has 7 nitrogen and oxygen atoms in total. The van der Waals surface area contributed by atoms with E-state index < -0.39 is 0 Å². The minimum absolute atomic E-state index is 0.00917. The molecule has 176 valence electrons. The van der Waals surface area contributed by atoms with Crippen LogP contribution in [0.1, 0.15) is 42.5 Å². The molecule has 3 amide bonds. The molecule has 0 radical (unpaired) electrons. The lowest BCUT2D eigenvalue weighted by atomic mass is 10.0. The van der Waals surface area contributed by atoms with Crippen molar-refractivity contribution in [2.45, 2.75) is 38.1 Å². The summed E-state index contributed by atoms with van der Waals surface area (Å²) in [4.78, 5) is 29.9. The third kappa shape index (κ3) is 6.71. The smallest absolute Gasteiger partial charge is 0.319 e. The molecule has 0 aliphatic carbocycles. The van der Waals surface area contributed by atoms with Crippen LogP contribution in [0.15, 0.2) is 54.6 Å². The number of urea groups is 1. The van der Waals surface area contributed by atoms with Crippen molar-refractivity contribution in [3.05, 3.63) is 60.2 Å². The SMILES string of the molecule is O=C(Nc1ccccc1)NC1CCN(c2ccccc2C(=O)NCCN2CCCCC2)CC1. The van der Waals surface area contributed by atoms with E-state index in [1.54, 1.807) is 0 Å². The van der Waals surface area contributed by atoms with E-state index in [0.29, 0.717) is 6.54 Å². The Hall–Kier alpha value is -3.06. The molecule has 4 rings (SSSR count). The van der Waals surface area contributed by atoms with Crippen LogP contribution in [-0.4, -0.2) is 62.1 Å². The topological polar surface area (TPSA) is 76.7 Å². The van der Waals surface area contributed by atoms with Crippen molar-refractivity contribution in [2.75, 3.05) is 49.5 Å². The molecule has 7 heteroatoms. The molecule has 2 fully saturated rings. The van der Waals surface area contributed by atoms with Crippen molar-refractivity contribution < 1.29 is 9.59 Å². The van der Waals surface area contributed by atoms with Crippen LogP contribution in [-0.2, 0) is 0 Å². The van der Waals surface area contributed by atoms with Crippen molar-refractivity contribution in [3.63, 3.8) is 0 Å². The van der Waals surface area contributed by atoms with E-state index in [1.165, 1.54) is 19.3 Å². The van der Waals surface area contributed by atoms with Crippen LogP contribution in [0.25, 0.3) is 0 Å². The summed E-state index contributed by atoms with van der Waals surface area (Å²) in [5, 5.41) is 9.07. The summed E-state index contributed by atoms with van der Waals surface area (Å²) >= 11 is 0. The molecular weight excluding hydrogens is 414 g/mol. The maximum absolute atomic E-state index is 12.9. The number of amides is 3. The number of para-hydroxylation sites is 2. The third-order valence-electron chi connectivity index (χ3n) is 6.51. The zero-order valence-electron chi connectivity index (χ0n) is 19.3. The fourth-order valence-corrected chi connectivity index (χ4v) is 4.69. The molecule has 2 aromatic rings. The average molecular weight is 450 g/mol. The molecule has 2 saturated heterocycles. The van der Waals surface area contributed by atoms with Crippen molar-refractivity contribution in [1.29, 1.82) is 0 Å². The van der Waals surface area contributed by atoms with Crippen LogP contribution in [0.5, 0.6) is 0 Å². The largest absolute Gasteiger partial charge is 0.371 e. The molecule has 33 heavy (non-hydrogen) atoms. The first-order chi connectivity index (χ1) is 16.2. The van der Waals surface area contributed by atoms with Gasteiger partial charge >= 0.3 is 6.03 Å². The van der Waals surface area contributed by atoms with Crippen LogP contribution in [0.3, 0.4) is 0 Å². The summed E-state index contributed by atoms with van der Waals surface area (Å²) in [7, 11) is 0. The second kappa shape index (κ2) is 11.7. The van der Waals surface area contributed by atoms with Gasteiger partial charge in [-0.3, -0.25) is 4.79 Å². The Labute approximate surface area is 196 Å². The lowest BCUT2D eigenvalue weighted by Crippen LogP contribution is -2.46.